The number of carbonyl (C=O) groups excluding carboxylic acids is 2. The molecule has 9 nitrogen and oxygen atoms in total. The van der Waals surface area contributed by atoms with E-state index in [0.717, 1.165) is 37.4 Å². The van der Waals surface area contributed by atoms with Gasteiger partial charge in [-0.1, -0.05) is 25.1 Å². The van der Waals surface area contributed by atoms with E-state index in [4.69, 9.17) is 9.47 Å². The van der Waals surface area contributed by atoms with E-state index in [0.29, 0.717) is 49.8 Å². The zero-order valence-electron chi connectivity index (χ0n) is 21.9. The van der Waals surface area contributed by atoms with Crippen LogP contribution in [0.1, 0.15) is 42.8 Å². The van der Waals surface area contributed by atoms with Crippen LogP contribution in [-0.2, 0) is 14.3 Å². The highest BCUT2D eigenvalue weighted by Crippen LogP contribution is 2.40. The number of ether oxygens (including phenoxy) is 2. The average molecular weight is 519 g/mol. The van der Waals surface area contributed by atoms with Crippen LogP contribution in [-0.4, -0.2) is 82.0 Å². The molecule has 3 aromatic rings. The van der Waals surface area contributed by atoms with Crippen LogP contribution in [0.3, 0.4) is 0 Å². The topological polar surface area (TPSA) is 96.6 Å². The van der Waals surface area contributed by atoms with Gasteiger partial charge in [-0.3, -0.25) is 18.9 Å². The SMILES string of the molecule is CCCOc1ccc(C2/C(=C(\O)c3c(C)nc4ccccn34)C(=O)C(=O)N2CCCN2CCOCC2)cc1. The third-order valence-corrected chi connectivity index (χ3v) is 7.11. The van der Waals surface area contributed by atoms with E-state index in [1.54, 1.807) is 22.4 Å². The number of ketones is 1. The van der Waals surface area contributed by atoms with E-state index in [2.05, 4.69) is 9.88 Å². The molecule has 0 radical (unpaired) electrons. The molecule has 38 heavy (non-hydrogen) atoms. The Morgan fingerprint density at radius 1 is 1.11 bits per heavy atom. The number of rotatable bonds is 9. The molecule has 0 bridgehead atoms. The summed E-state index contributed by atoms with van der Waals surface area (Å²) in [6.45, 7) is 8.75. The molecule has 2 aliphatic rings. The first-order valence-corrected chi connectivity index (χ1v) is 13.2. The van der Waals surface area contributed by atoms with Crippen molar-refractivity contribution in [2.45, 2.75) is 32.7 Å². The van der Waals surface area contributed by atoms with Crippen molar-refractivity contribution >= 4 is 23.1 Å². The number of benzene rings is 1. The van der Waals surface area contributed by atoms with Gasteiger partial charge in [0.15, 0.2) is 5.76 Å². The molecule has 2 saturated heterocycles. The smallest absolute Gasteiger partial charge is 0.295 e. The molecule has 0 spiro atoms. The maximum absolute atomic E-state index is 13.5. The van der Waals surface area contributed by atoms with Crippen LogP contribution in [0.4, 0.5) is 0 Å². The normalized spacial score (nSPS) is 19.9. The second-order valence-corrected chi connectivity index (χ2v) is 9.69. The number of fused-ring (bicyclic) bond motifs is 1. The van der Waals surface area contributed by atoms with Crippen molar-refractivity contribution in [2.24, 2.45) is 0 Å². The van der Waals surface area contributed by atoms with Crippen molar-refractivity contribution in [3.63, 3.8) is 0 Å². The molecule has 9 heteroatoms. The number of hydrogen-bond donors (Lipinski definition) is 1. The maximum Gasteiger partial charge on any atom is 0.295 e. The number of aryl methyl sites for hydroxylation is 1. The lowest BCUT2D eigenvalue weighted by molar-refractivity contribution is -0.140. The molecular weight excluding hydrogens is 484 g/mol. The number of aromatic nitrogens is 2. The minimum Gasteiger partial charge on any atom is -0.505 e. The maximum atomic E-state index is 13.5. The van der Waals surface area contributed by atoms with Crippen LogP contribution in [0, 0.1) is 6.92 Å². The third-order valence-electron chi connectivity index (χ3n) is 7.11. The van der Waals surface area contributed by atoms with Gasteiger partial charge in [-0.05, 0) is 49.6 Å². The highest BCUT2D eigenvalue weighted by molar-refractivity contribution is 6.46. The Labute approximate surface area is 222 Å². The standard InChI is InChI=1S/C29H34N4O5/c1-3-17-38-22-10-8-21(9-11-22)26-24(27(34)25-20(2)30-23-7-4-5-13-32(23)25)28(35)29(36)33(26)14-6-12-31-15-18-37-19-16-31/h4-5,7-11,13,26,34H,3,6,12,14-19H2,1-2H3/b27-24+. The van der Waals surface area contributed by atoms with Gasteiger partial charge in [-0.25, -0.2) is 4.98 Å². The molecule has 5 rings (SSSR count). The molecule has 200 valence electrons. The summed E-state index contributed by atoms with van der Waals surface area (Å²) in [5, 5.41) is 11.6. The van der Waals surface area contributed by atoms with Crippen molar-refractivity contribution in [3.8, 4) is 5.75 Å². The van der Waals surface area contributed by atoms with Crippen molar-refractivity contribution in [1.82, 2.24) is 19.2 Å². The second-order valence-electron chi connectivity index (χ2n) is 9.69. The van der Waals surface area contributed by atoms with Crippen LogP contribution >= 0.6 is 0 Å². The number of imidazole rings is 1. The summed E-state index contributed by atoms with van der Waals surface area (Å²) in [5.74, 6) is -0.782. The first kappa shape index (κ1) is 25.9. The van der Waals surface area contributed by atoms with Crippen LogP contribution in [0.25, 0.3) is 11.4 Å². The number of nitrogens with zero attached hydrogens (tertiary/aromatic N) is 4. The van der Waals surface area contributed by atoms with Gasteiger partial charge in [-0.2, -0.15) is 0 Å². The second kappa shape index (κ2) is 11.4. The molecule has 4 heterocycles. The third kappa shape index (κ3) is 5.04. The van der Waals surface area contributed by atoms with Crippen LogP contribution in [0.2, 0.25) is 0 Å². The highest BCUT2D eigenvalue weighted by Gasteiger charge is 2.46. The number of hydrogen-bond acceptors (Lipinski definition) is 7. The summed E-state index contributed by atoms with van der Waals surface area (Å²) in [5.41, 5.74) is 2.47. The van der Waals surface area contributed by atoms with Crippen LogP contribution < -0.4 is 4.74 Å². The summed E-state index contributed by atoms with van der Waals surface area (Å²) in [4.78, 5) is 35.3. The Bertz CT molecular complexity index is 1340. The first-order chi connectivity index (χ1) is 18.5. The van der Waals surface area contributed by atoms with E-state index < -0.39 is 17.7 Å². The minimum atomic E-state index is -0.714. The summed E-state index contributed by atoms with van der Waals surface area (Å²) in [6, 6.07) is 12.2. The van der Waals surface area contributed by atoms with Gasteiger partial charge in [0.25, 0.3) is 11.7 Å². The predicted molar refractivity (Wildman–Crippen MR) is 143 cm³/mol. The van der Waals surface area contributed by atoms with Gasteiger partial charge in [0.2, 0.25) is 0 Å². The molecule has 2 aromatic heterocycles. The van der Waals surface area contributed by atoms with Gasteiger partial charge in [0, 0.05) is 32.4 Å². The van der Waals surface area contributed by atoms with Gasteiger partial charge in [0.1, 0.15) is 17.1 Å². The predicted octanol–water partition coefficient (Wildman–Crippen LogP) is 3.58. The van der Waals surface area contributed by atoms with Crippen LogP contribution in [0.15, 0.2) is 54.2 Å². The molecule has 1 unspecified atom stereocenters. The Hall–Kier alpha value is -3.69. The number of amides is 1. The highest BCUT2D eigenvalue weighted by atomic mass is 16.5. The van der Waals surface area contributed by atoms with E-state index >= 15 is 0 Å². The van der Waals surface area contributed by atoms with E-state index in [9.17, 15) is 14.7 Å². The quantitative estimate of drug-likeness (QED) is 0.263. The fourth-order valence-electron chi connectivity index (χ4n) is 5.24. The molecule has 1 N–H and O–H groups in total. The van der Waals surface area contributed by atoms with Crippen molar-refractivity contribution in [2.75, 3.05) is 46.0 Å². The van der Waals surface area contributed by atoms with E-state index in [1.807, 2.05) is 49.4 Å². The lowest BCUT2D eigenvalue weighted by Gasteiger charge is -2.29. The molecule has 0 aliphatic carbocycles. The number of carbonyl (C=O) groups is 2. The fourth-order valence-corrected chi connectivity index (χ4v) is 5.24. The lowest BCUT2D eigenvalue weighted by Crippen LogP contribution is -2.38. The monoisotopic (exact) mass is 518 g/mol. The number of aliphatic hydroxyl groups excluding tert-OH is 1. The number of morpholine rings is 1. The lowest BCUT2D eigenvalue weighted by atomic mass is 9.96. The Balaban J connectivity index is 1.52. The van der Waals surface area contributed by atoms with E-state index in [1.165, 1.54) is 0 Å². The molecular formula is C29H34N4O5. The molecule has 1 aromatic carbocycles. The zero-order chi connectivity index (χ0) is 26.6. The average Bonchev–Trinajstić information content (AvgIpc) is 3.41. The molecule has 2 aliphatic heterocycles. The van der Waals surface area contributed by atoms with Crippen molar-refractivity contribution < 1.29 is 24.2 Å². The molecule has 2 fully saturated rings. The number of pyridine rings is 1. The van der Waals surface area contributed by atoms with E-state index in [-0.39, 0.29) is 11.3 Å². The Morgan fingerprint density at radius 3 is 2.61 bits per heavy atom. The van der Waals surface area contributed by atoms with Crippen LogP contribution in [0.5, 0.6) is 5.75 Å². The minimum absolute atomic E-state index is 0.0809. The number of aliphatic hydroxyl groups is 1. The fraction of sp³-hybridized carbons (Fsp3) is 0.414. The van der Waals surface area contributed by atoms with Gasteiger partial charge in [-0.15, -0.1) is 0 Å². The van der Waals surface area contributed by atoms with Gasteiger partial charge < -0.3 is 19.5 Å². The summed E-state index contributed by atoms with van der Waals surface area (Å²) in [7, 11) is 0. The summed E-state index contributed by atoms with van der Waals surface area (Å²) >= 11 is 0. The van der Waals surface area contributed by atoms with Gasteiger partial charge >= 0.3 is 0 Å². The first-order valence-electron chi connectivity index (χ1n) is 13.2. The Morgan fingerprint density at radius 2 is 1.87 bits per heavy atom. The largest absolute Gasteiger partial charge is 0.505 e. The van der Waals surface area contributed by atoms with Crippen molar-refractivity contribution in [1.29, 1.82) is 0 Å². The molecule has 0 saturated carbocycles. The Kier molecular flexibility index (Phi) is 7.76. The number of Topliss-reactive ketones (excluding diaryl/α,β-unsaturated/α-hetero) is 1. The number of likely N-dealkylation sites (tertiary alicyclic amines) is 1. The summed E-state index contributed by atoms with van der Waals surface area (Å²) < 4.78 is 12.9. The molecule has 1 amide bonds. The van der Waals surface area contributed by atoms with Crippen molar-refractivity contribution in [3.05, 3.63) is 71.2 Å². The zero-order valence-corrected chi connectivity index (χ0v) is 21.9. The summed E-state index contributed by atoms with van der Waals surface area (Å²) in [6.07, 6.45) is 3.39. The molecule has 1 atom stereocenters. The van der Waals surface area contributed by atoms with Gasteiger partial charge in [0.05, 0.1) is 37.1 Å².